The Bertz CT molecular complexity index is 599. The van der Waals surface area contributed by atoms with Gasteiger partial charge in [-0.2, -0.15) is 0 Å². The number of halogens is 2. The molecule has 2 aromatic carbocycles. The van der Waals surface area contributed by atoms with Gasteiger partial charge in [0.1, 0.15) is 0 Å². The molecule has 0 bridgehead atoms. The van der Waals surface area contributed by atoms with Gasteiger partial charge < -0.3 is 10.4 Å². The summed E-state index contributed by atoms with van der Waals surface area (Å²) in [6.45, 7) is 0. The molecule has 0 fully saturated rings. The van der Waals surface area contributed by atoms with Crippen molar-refractivity contribution in [1.82, 2.24) is 0 Å². The van der Waals surface area contributed by atoms with E-state index in [2.05, 4.69) is 5.32 Å². The topological polar surface area (TPSA) is 49.3 Å². The summed E-state index contributed by atoms with van der Waals surface area (Å²) < 4.78 is 0. The van der Waals surface area contributed by atoms with Crippen LogP contribution in [0.3, 0.4) is 0 Å². The molecule has 0 unspecified atom stereocenters. The summed E-state index contributed by atoms with van der Waals surface area (Å²) in [4.78, 5) is 11.1. The van der Waals surface area contributed by atoms with Crippen LogP contribution in [0.2, 0.25) is 10.0 Å². The smallest absolute Gasteiger partial charge is 0.337 e. The van der Waals surface area contributed by atoms with Crippen LogP contribution in [0, 0.1) is 0 Å². The van der Waals surface area contributed by atoms with Crippen LogP contribution in [0.4, 0.5) is 11.4 Å². The molecule has 0 heterocycles. The van der Waals surface area contributed by atoms with Gasteiger partial charge in [0.05, 0.1) is 22.0 Å². The third-order valence-electron chi connectivity index (χ3n) is 2.36. The quantitative estimate of drug-likeness (QED) is 0.875. The normalized spacial score (nSPS) is 10.1. The number of benzene rings is 2. The summed E-state index contributed by atoms with van der Waals surface area (Å²) in [7, 11) is 0. The lowest BCUT2D eigenvalue weighted by Crippen LogP contribution is -2.02. The number of carboxylic acid groups (broad SMARTS) is 1. The molecule has 0 aliphatic carbocycles. The fourth-order valence-electron chi connectivity index (χ4n) is 1.52. The lowest BCUT2D eigenvalue weighted by atomic mass is 10.1. The number of para-hydroxylation sites is 1. The number of carbonyl (C=O) groups is 1. The summed E-state index contributed by atoms with van der Waals surface area (Å²) in [5.74, 6) is -1.00. The summed E-state index contributed by atoms with van der Waals surface area (Å²) in [5.41, 5.74) is 1.21. The molecule has 0 aromatic heterocycles. The highest BCUT2D eigenvalue weighted by molar-refractivity contribution is 6.35. The summed E-state index contributed by atoms with van der Waals surface area (Å²) in [5, 5.41) is 13.0. The van der Waals surface area contributed by atoms with Crippen LogP contribution in [-0.4, -0.2) is 11.1 Å². The van der Waals surface area contributed by atoms with E-state index in [9.17, 15) is 4.79 Å². The first-order valence-corrected chi connectivity index (χ1v) is 5.88. The van der Waals surface area contributed by atoms with E-state index < -0.39 is 5.97 Å². The van der Waals surface area contributed by atoms with E-state index >= 15 is 0 Å². The second kappa shape index (κ2) is 5.29. The van der Waals surface area contributed by atoms with Gasteiger partial charge in [-0.15, -0.1) is 0 Å². The van der Waals surface area contributed by atoms with E-state index in [1.165, 1.54) is 6.07 Å². The molecule has 3 nitrogen and oxygen atoms in total. The second-order valence-electron chi connectivity index (χ2n) is 3.60. The van der Waals surface area contributed by atoms with Crippen molar-refractivity contribution in [2.24, 2.45) is 0 Å². The molecule has 0 aliphatic heterocycles. The van der Waals surface area contributed by atoms with E-state index in [-0.39, 0.29) is 5.56 Å². The number of carboxylic acids is 1. The van der Waals surface area contributed by atoms with Gasteiger partial charge in [-0.1, -0.05) is 35.3 Å². The van der Waals surface area contributed by atoms with Crippen LogP contribution in [-0.2, 0) is 0 Å². The van der Waals surface area contributed by atoms with Crippen LogP contribution in [0.15, 0.2) is 42.5 Å². The second-order valence-corrected chi connectivity index (χ2v) is 4.44. The minimum Gasteiger partial charge on any atom is -0.478 e. The fourth-order valence-corrected chi connectivity index (χ4v) is 1.85. The molecule has 0 amide bonds. The third-order valence-corrected chi connectivity index (χ3v) is 2.92. The Hall–Kier alpha value is -1.71. The first-order chi connectivity index (χ1) is 8.58. The average molecular weight is 282 g/mol. The number of aromatic carboxylic acids is 1. The molecule has 18 heavy (non-hydrogen) atoms. The predicted molar refractivity (Wildman–Crippen MR) is 73.1 cm³/mol. The van der Waals surface area contributed by atoms with Gasteiger partial charge in [0.2, 0.25) is 0 Å². The minimum atomic E-state index is -1.00. The molecule has 0 spiro atoms. The van der Waals surface area contributed by atoms with E-state index in [0.717, 1.165) is 0 Å². The zero-order chi connectivity index (χ0) is 13.1. The molecule has 2 rings (SSSR count). The van der Waals surface area contributed by atoms with Crippen LogP contribution >= 0.6 is 23.2 Å². The molecule has 2 aromatic rings. The highest BCUT2D eigenvalue weighted by Gasteiger charge is 2.10. The van der Waals surface area contributed by atoms with Crippen LogP contribution < -0.4 is 5.32 Å². The molecule has 0 saturated carbocycles. The van der Waals surface area contributed by atoms with Gasteiger partial charge in [0.15, 0.2) is 0 Å². The number of hydrogen-bond acceptors (Lipinski definition) is 2. The van der Waals surface area contributed by atoms with Crippen molar-refractivity contribution < 1.29 is 9.90 Å². The average Bonchev–Trinajstić information content (AvgIpc) is 2.34. The summed E-state index contributed by atoms with van der Waals surface area (Å²) in [6.07, 6.45) is 0. The van der Waals surface area contributed by atoms with Gasteiger partial charge in [-0.25, -0.2) is 4.79 Å². The van der Waals surface area contributed by atoms with E-state index in [0.29, 0.717) is 21.4 Å². The van der Waals surface area contributed by atoms with Crippen LogP contribution in [0.25, 0.3) is 0 Å². The minimum absolute atomic E-state index is 0.175. The van der Waals surface area contributed by atoms with Crippen LogP contribution in [0.5, 0.6) is 0 Å². The van der Waals surface area contributed by atoms with Crippen molar-refractivity contribution in [2.45, 2.75) is 0 Å². The van der Waals surface area contributed by atoms with Gasteiger partial charge >= 0.3 is 5.97 Å². The zero-order valence-corrected chi connectivity index (χ0v) is 10.7. The van der Waals surface area contributed by atoms with Gasteiger partial charge in [0.25, 0.3) is 0 Å². The van der Waals surface area contributed by atoms with E-state index in [4.69, 9.17) is 28.3 Å². The van der Waals surface area contributed by atoms with E-state index in [1.54, 1.807) is 36.4 Å². The molecular weight excluding hydrogens is 273 g/mol. The van der Waals surface area contributed by atoms with Crippen molar-refractivity contribution >= 4 is 40.5 Å². The Kier molecular flexibility index (Phi) is 3.75. The molecule has 0 radical (unpaired) electrons. The van der Waals surface area contributed by atoms with Gasteiger partial charge in [0, 0.05) is 5.02 Å². The molecular formula is C13H9Cl2NO2. The number of nitrogens with one attached hydrogen (secondary N) is 1. The summed E-state index contributed by atoms with van der Waals surface area (Å²) in [6, 6.07) is 11.5. The van der Waals surface area contributed by atoms with Crippen molar-refractivity contribution in [3.63, 3.8) is 0 Å². The maximum Gasteiger partial charge on any atom is 0.337 e. The highest BCUT2D eigenvalue weighted by atomic mass is 35.5. The third kappa shape index (κ3) is 2.75. The number of rotatable bonds is 3. The van der Waals surface area contributed by atoms with Crippen molar-refractivity contribution in [3.05, 3.63) is 58.1 Å². The van der Waals surface area contributed by atoms with Crippen LogP contribution in [0.1, 0.15) is 10.4 Å². The lowest BCUT2D eigenvalue weighted by Gasteiger charge is -2.11. The number of anilines is 2. The Morgan fingerprint density at radius 2 is 1.78 bits per heavy atom. The Morgan fingerprint density at radius 3 is 2.50 bits per heavy atom. The van der Waals surface area contributed by atoms with E-state index in [1.807, 2.05) is 0 Å². The molecule has 2 N–H and O–H groups in total. The molecule has 92 valence electrons. The molecule has 0 atom stereocenters. The maximum atomic E-state index is 11.1. The highest BCUT2D eigenvalue weighted by Crippen LogP contribution is 2.29. The van der Waals surface area contributed by atoms with Gasteiger partial charge in [-0.05, 0) is 30.3 Å². The monoisotopic (exact) mass is 281 g/mol. The largest absolute Gasteiger partial charge is 0.478 e. The Morgan fingerprint density at radius 1 is 1.06 bits per heavy atom. The summed E-state index contributed by atoms with van der Waals surface area (Å²) >= 11 is 11.9. The van der Waals surface area contributed by atoms with Gasteiger partial charge in [-0.3, -0.25) is 0 Å². The Labute approximate surface area is 114 Å². The lowest BCUT2D eigenvalue weighted by molar-refractivity contribution is 0.0698. The zero-order valence-electron chi connectivity index (χ0n) is 9.15. The SMILES string of the molecule is O=C(O)c1ccccc1Nc1cc(Cl)ccc1Cl. The van der Waals surface area contributed by atoms with Crippen molar-refractivity contribution in [3.8, 4) is 0 Å². The molecule has 0 saturated heterocycles. The van der Waals surface area contributed by atoms with Crippen molar-refractivity contribution in [1.29, 1.82) is 0 Å². The predicted octanol–water partition coefficient (Wildman–Crippen LogP) is 4.44. The fraction of sp³-hybridized carbons (Fsp3) is 0. The maximum absolute atomic E-state index is 11.1. The molecule has 5 heteroatoms. The first-order valence-electron chi connectivity index (χ1n) is 5.12. The standard InChI is InChI=1S/C13H9Cl2NO2/c14-8-5-6-10(15)12(7-8)16-11-4-2-1-3-9(11)13(17)18/h1-7,16H,(H,17,18). The first kappa shape index (κ1) is 12.7. The van der Waals surface area contributed by atoms with Crippen molar-refractivity contribution in [2.75, 3.05) is 5.32 Å². The molecule has 0 aliphatic rings. The number of hydrogen-bond donors (Lipinski definition) is 2. The Balaban J connectivity index is 2.40.